The van der Waals surface area contributed by atoms with Gasteiger partial charge in [0.2, 0.25) is 5.02 Å². The molecule has 0 unspecified atom stereocenters. The van der Waals surface area contributed by atoms with Gasteiger partial charge >= 0.3 is 0 Å². The molecule has 0 aromatic heterocycles. The maximum Gasteiger partial charge on any atom is 0.206 e. The molecule has 0 heterocycles. The summed E-state index contributed by atoms with van der Waals surface area (Å²) in [7, 11) is 0. The zero-order valence-corrected chi connectivity index (χ0v) is 5.80. The van der Waals surface area contributed by atoms with E-state index in [2.05, 4.69) is 4.74 Å². The van der Waals surface area contributed by atoms with Gasteiger partial charge in [0, 0.05) is 5.88 Å². The van der Waals surface area contributed by atoms with Gasteiger partial charge in [0.15, 0.2) is 0 Å². The molecule has 0 aromatic rings. The zero-order valence-electron chi connectivity index (χ0n) is 3.53. The summed E-state index contributed by atoms with van der Waals surface area (Å²) in [5.74, 6) is 0.427. The van der Waals surface area contributed by atoms with E-state index < -0.39 is 5.02 Å². The van der Waals surface area contributed by atoms with Crippen LogP contribution in [0.2, 0.25) is 0 Å². The van der Waals surface area contributed by atoms with Crippen molar-refractivity contribution in [1.82, 2.24) is 0 Å². The molecule has 7 heavy (non-hydrogen) atoms. The lowest BCUT2D eigenvalue weighted by Gasteiger charge is -1.97. The summed E-state index contributed by atoms with van der Waals surface area (Å²) >= 11 is 15.5. The first kappa shape index (κ1) is 7.83. The van der Waals surface area contributed by atoms with E-state index in [1.807, 2.05) is 0 Å². The Balaban J connectivity index is 2.68. The molecule has 0 saturated carbocycles. The summed E-state index contributed by atoms with van der Waals surface area (Å²) in [4.78, 5) is 0. The van der Waals surface area contributed by atoms with Crippen molar-refractivity contribution < 1.29 is 4.74 Å². The summed E-state index contributed by atoms with van der Waals surface area (Å²) in [6.45, 7) is 0.402. The minimum atomic E-state index is -0.737. The van der Waals surface area contributed by atoms with Gasteiger partial charge in [-0.2, -0.15) is 0 Å². The molecule has 0 spiro atoms. The third-order valence-corrected chi connectivity index (χ3v) is 0.727. The fourth-order valence-electron chi connectivity index (χ4n) is 0.134. The lowest BCUT2D eigenvalue weighted by Crippen LogP contribution is -1.98. The summed E-state index contributed by atoms with van der Waals surface area (Å²) < 4.78 is 4.59. The molecule has 0 rings (SSSR count). The molecular weight excluding hydrogens is 158 g/mol. The fraction of sp³-hybridized carbons (Fsp3) is 1.00. The van der Waals surface area contributed by atoms with Gasteiger partial charge < -0.3 is 4.74 Å². The first-order valence-electron chi connectivity index (χ1n) is 1.73. The van der Waals surface area contributed by atoms with Crippen LogP contribution in [-0.4, -0.2) is 17.5 Å². The number of halogens is 3. The normalized spacial score (nSPS) is 10.3. The average molecular weight is 163 g/mol. The highest BCUT2D eigenvalue weighted by atomic mass is 35.5. The van der Waals surface area contributed by atoms with E-state index in [4.69, 9.17) is 34.8 Å². The van der Waals surface area contributed by atoms with Gasteiger partial charge in [-0.15, -0.1) is 11.6 Å². The Morgan fingerprint density at radius 3 is 2.14 bits per heavy atom. The smallest absolute Gasteiger partial charge is 0.206 e. The molecule has 0 radical (unpaired) electrons. The van der Waals surface area contributed by atoms with Crippen molar-refractivity contribution in [3.63, 3.8) is 0 Å². The minimum Gasteiger partial charge on any atom is -0.348 e. The molecule has 0 aromatic carbocycles. The average Bonchev–Trinajstić information content (AvgIpc) is 1.61. The molecule has 44 valence electrons. The summed E-state index contributed by atoms with van der Waals surface area (Å²) in [6.07, 6.45) is 0. The highest BCUT2D eigenvalue weighted by Crippen LogP contribution is 2.01. The number of rotatable bonds is 3. The van der Waals surface area contributed by atoms with E-state index in [1.165, 1.54) is 0 Å². The SMILES string of the molecule is ClCCOC(Cl)Cl. The largest absolute Gasteiger partial charge is 0.348 e. The monoisotopic (exact) mass is 162 g/mol. The second-order valence-electron chi connectivity index (χ2n) is 0.820. The minimum absolute atomic E-state index is 0.402. The summed E-state index contributed by atoms with van der Waals surface area (Å²) in [5, 5.41) is -0.737. The van der Waals surface area contributed by atoms with E-state index in [0.717, 1.165) is 0 Å². The first-order chi connectivity index (χ1) is 3.27. The number of ether oxygens (including phenoxy) is 1. The second-order valence-corrected chi connectivity index (χ2v) is 2.21. The van der Waals surface area contributed by atoms with Crippen LogP contribution >= 0.6 is 34.8 Å². The van der Waals surface area contributed by atoms with Crippen molar-refractivity contribution in [1.29, 1.82) is 0 Å². The number of alkyl halides is 3. The maximum atomic E-state index is 5.20. The van der Waals surface area contributed by atoms with Crippen molar-refractivity contribution in [2.24, 2.45) is 0 Å². The van der Waals surface area contributed by atoms with Gasteiger partial charge in [0.05, 0.1) is 6.61 Å². The molecule has 0 aliphatic carbocycles. The van der Waals surface area contributed by atoms with Gasteiger partial charge in [0.1, 0.15) is 0 Å². The molecule has 0 atom stereocenters. The van der Waals surface area contributed by atoms with Crippen molar-refractivity contribution in [3.05, 3.63) is 0 Å². The van der Waals surface area contributed by atoms with Crippen LogP contribution in [0, 0.1) is 0 Å². The van der Waals surface area contributed by atoms with Crippen LogP contribution in [0.4, 0.5) is 0 Å². The quantitative estimate of drug-likeness (QED) is 0.578. The van der Waals surface area contributed by atoms with Crippen molar-refractivity contribution >= 4 is 34.8 Å². The lowest BCUT2D eigenvalue weighted by atomic mass is 10.9. The Labute approximate surface area is 57.5 Å². The summed E-state index contributed by atoms with van der Waals surface area (Å²) in [6, 6.07) is 0. The summed E-state index contributed by atoms with van der Waals surface area (Å²) in [5.41, 5.74) is 0. The van der Waals surface area contributed by atoms with Gasteiger partial charge in [-0.1, -0.05) is 23.2 Å². The van der Waals surface area contributed by atoms with E-state index >= 15 is 0 Å². The Bertz CT molecular complexity index is 39.2. The Morgan fingerprint density at radius 1 is 1.43 bits per heavy atom. The predicted octanol–water partition coefficient (Wildman–Crippen LogP) is 2.00. The Hall–Kier alpha value is 0.830. The molecule has 0 aliphatic rings. The molecule has 0 amide bonds. The fourth-order valence-corrected chi connectivity index (χ4v) is 0.401. The molecule has 0 fully saturated rings. The Kier molecular flexibility index (Phi) is 5.57. The van der Waals surface area contributed by atoms with Gasteiger partial charge in [0.25, 0.3) is 0 Å². The van der Waals surface area contributed by atoms with Gasteiger partial charge in [-0.05, 0) is 0 Å². The van der Waals surface area contributed by atoms with Crippen LogP contribution in [-0.2, 0) is 4.74 Å². The van der Waals surface area contributed by atoms with Crippen LogP contribution in [0.5, 0.6) is 0 Å². The molecule has 1 nitrogen and oxygen atoms in total. The van der Waals surface area contributed by atoms with Crippen LogP contribution in [0.1, 0.15) is 0 Å². The van der Waals surface area contributed by atoms with Crippen LogP contribution in [0.3, 0.4) is 0 Å². The topological polar surface area (TPSA) is 9.23 Å². The third-order valence-electron chi connectivity index (χ3n) is 0.321. The highest BCUT2D eigenvalue weighted by molar-refractivity contribution is 6.43. The molecule has 0 bridgehead atoms. The van der Waals surface area contributed by atoms with Crippen LogP contribution in [0.25, 0.3) is 0 Å². The van der Waals surface area contributed by atoms with Gasteiger partial charge in [-0.3, -0.25) is 0 Å². The number of hydrogen-bond donors (Lipinski definition) is 0. The molecule has 0 aliphatic heterocycles. The van der Waals surface area contributed by atoms with Crippen molar-refractivity contribution in [2.45, 2.75) is 5.02 Å². The van der Waals surface area contributed by atoms with Crippen LogP contribution < -0.4 is 0 Å². The lowest BCUT2D eigenvalue weighted by molar-refractivity contribution is 0.171. The molecule has 4 heteroatoms. The maximum absolute atomic E-state index is 5.20. The number of hydrogen-bond acceptors (Lipinski definition) is 1. The standard InChI is InChI=1S/C3H5Cl3O/c4-1-2-7-3(5)6/h3H,1-2H2. The molecule has 0 saturated heterocycles. The van der Waals surface area contributed by atoms with E-state index in [1.54, 1.807) is 0 Å². The van der Waals surface area contributed by atoms with Crippen molar-refractivity contribution in [2.75, 3.05) is 12.5 Å². The predicted molar refractivity (Wildman–Crippen MR) is 32.2 cm³/mol. The van der Waals surface area contributed by atoms with Gasteiger partial charge in [-0.25, -0.2) is 0 Å². The first-order valence-corrected chi connectivity index (χ1v) is 3.14. The van der Waals surface area contributed by atoms with Crippen LogP contribution in [0.15, 0.2) is 0 Å². The molecular formula is C3H5Cl3O. The second kappa shape index (κ2) is 4.98. The Morgan fingerprint density at radius 2 is 2.00 bits per heavy atom. The van der Waals surface area contributed by atoms with E-state index in [9.17, 15) is 0 Å². The van der Waals surface area contributed by atoms with Crippen molar-refractivity contribution in [3.8, 4) is 0 Å². The van der Waals surface area contributed by atoms with E-state index in [0.29, 0.717) is 12.5 Å². The third kappa shape index (κ3) is 6.83. The highest BCUT2D eigenvalue weighted by Gasteiger charge is 1.93. The zero-order chi connectivity index (χ0) is 5.70. The van der Waals surface area contributed by atoms with E-state index in [-0.39, 0.29) is 0 Å². The molecule has 0 N–H and O–H groups in total.